The predicted molar refractivity (Wildman–Crippen MR) is 163 cm³/mol. The van der Waals surface area contributed by atoms with Gasteiger partial charge >= 0.3 is 5.97 Å². The van der Waals surface area contributed by atoms with Crippen LogP contribution < -0.4 is 5.73 Å². The highest BCUT2D eigenvalue weighted by Crippen LogP contribution is 2.68. The molecule has 2 bridgehead atoms. The molecule has 3 heterocycles. The van der Waals surface area contributed by atoms with Gasteiger partial charge in [0.25, 0.3) is 0 Å². The number of anilines is 1. The Kier molecular flexibility index (Phi) is 7.62. The molecule has 12 nitrogen and oxygen atoms in total. The van der Waals surface area contributed by atoms with Crippen molar-refractivity contribution in [3.63, 3.8) is 0 Å². The Bertz CT molecular complexity index is 1580. The third-order valence-corrected chi connectivity index (χ3v) is 11.7. The molecule has 3 N–H and O–H groups in total. The average molecular weight is 605 g/mol. The fourth-order valence-corrected chi connectivity index (χ4v) is 8.85. The van der Waals surface area contributed by atoms with Gasteiger partial charge in [0.05, 0.1) is 18.1 Å². The van der Waals surface area contributed by atoms with Crippen LogP contribution in [0.25, 0.3) is 11.2 Å². The van der Waals surface area contributed by atoms with Crippen molar-refractivity contribution in [3.05, 3.63) is 37.2 Å². The van der Waals surface area contributed by atoms with E-state index in [1.165, 1.54) is 11.0 Å². The summed E-state index contributed by atoms with van der Waals surface area (Å²) >= 11 is 0. The number of aliphatic hydroxyl groups excluding tert-OH is 1. The van der Waals surface area contributed by atoms with Gasteiger partial charge in [-0.15, -0.1) is 11.7 Å². The molecule has 3 aliphatic carbocycles. The minimum atomic E-state index is -0.699. The molecule has 236 valence electrons. The summed E-state index contributed by atoms with van der Waals surface area (Å²) in [4.78, 5) is 39.7. The van der Waals surface area contributed by atoms with Gasteiger partial charge in [-0.1, -0.05) is 39.0 Å². The number of ether oxygens (including phenoxy) is 1. The molecule has 3 aromatic heterocycles. The van der Waals surface area contributed by atoms with Crippen LogP contribution in [0.5, 0.6) is 0 Å². The second-order valence-electron chi connectivity index (χ2n) is 13.9. The Labute approximate surface area is 257 Å². The number of esters is 1. The van der Waals surface area contributed by atoms with E-state index in [1.54, 1.807) is 12.5 Å². The second-order valence-corrected chi connectivity index (χ2v) is 13.9. The van der Waals surface area contributed by atoms with Crippen molar-refractivity contribution >= 4 is 28.7 Å². The van der Waals surface area contributed by atoms with Crippen molar-refractivity contribution < 1.29 is 19.4 Å². The first kappa shape index (κ1) is 30.4. The highest BCUT2D eigenvalue weighted by molar-refractivity contribution is 5.86. The normalized spacial score (nSPS) is 35.2. The summed E-state index contributed by atoms with van der Waals surface area (Å²) in [5.41, 5.74) is 6.37. The van der Waals surface area contributed by atoms with Crippen LogP contribution in [-0.2, 0) is 33.8 Å². The molecule has 3 aliphatic rings. The molecule has 3 fully saturated rings. The Balaban J connectivity index is 1.17. The summed E-state index contributed by atoms with van der Waals surface area (Å²) in [5, 5.41) is 20.2. The molecule has 12 heteroatoms. The smallest absolute Gasteiger partial charge is 0.328 e. The van der Waals surface area contributed by atoms with Crippen LogP contribution in [-0.4, -0.2) is 63.6 Å². The van der Waals surface area contributed by atoms with Gasteiger partial charge in [0, 0.05) is 35.9 Å². The molecular weight excluding hydrogens is 560 g/mol. The minimum absolute atomic E-state index is 0.0714. The zero-order valence-electron chi connectivity index (χ0n) is 26.1. The van der Waals surface area contributed by atoms with E-state index >= 15 is 0 Å². The van der Waals surface area contributed by atoms with Gasteiger partial charge in [0.15, 0.2) is 11.5 Å². The highest BCUT2D eigenvalue weighted by Gasteiger charge is 2.68. The summed E-state index contributed by atoms with van der Waals surface area (Å²) < 4.78 is 9.77. The van der Waals surface area contributed by atoms with E-state index in [-0.39, 0.29) is 35.5 Å². The maximum atomic E-state index is 13.6. The lowest BCUT2D eigenvalue weighted by atomic mass is 9.44. The summed E-state index contributed by atoms with van der Waals surface area (Å²) in [6.45, 7) is 13.1. The SMILES string of the molecule is C=C[C@]1(C)C[C@@H](OC(=O)Cn2cc(CCCn3cnc4c(N)ncnc43)nn2)[C@]2(C)C(C)CCC3(CCC(=O)[C@H]32)[C@@H](C)[C@@H]1O. The van der Waals surface area contributed by atoms with Crippen LogP contribution in [0.3, 0.4) is 0 Å². The van der Waals surface area contributed by atoms with Crippen molar-refractivity contribution in [3.8, 4) is 0 Å². The second kappa shape index (κ2) is 11.0. The molecule has 2 unspecified atom stereocenters. The number of hydrogen-bond donors (Lipinski definition) is 2. The highest BCUT2D eigenvalue weighted by atomic mass is 16.5. The van der Waals surface area contributed by atoms with Crippen LogP contribution in [0.15, 0.2) is 31.5 Å². The third-order valence-electron chi connectivity index (χ3n) is 11.7. The van der Waals surface area contributed by atoms with Crippen LogP contribution in [0, 0.1) is 34.0 Å². The molecule has 0 amide bonds. The molecule has 3 saturated carbocycles. The first-order valence-corrected chi connectivity index (χ1v) is 15.8. The van der Waals surface area contributed by atoms with Crippen molar-refractivity contribution in [1.29, 1.82) is 0 Å². The maximum absolute atomic E-state index is 13.6. The molecule has 0 aromatic carbocycles. The lowest BCUT2D eigenvalue weighted by Crippen LogP contribution is -2.63. The molecule has 3 aromatic rings. The number of nitrogens with two attached hydrogens (primary N) is 1. The minimum Gasteiger partial charge on any atom is -0.460 e. The first-order chi connectivity index (χ1) is 20.9. The summed E-state index contributed by atoms with van der Waals surface area (Å²) in [7, 11) is 0. The molecule has 0 radical (unpaired) electrons. The number of nitrogen functional groups attached to an aromatic ring is 1. The number of fused-ring (bicyclic) bond motifs is 1. The number of imidazole rings is 1. The van der Waals surface area contributed by atoms with Gasteiger partial charge in [0.1, 0.15) is 30.3 Å². The van der Waals surface area contributed by atoms with Gasteiger partial charge in [-0.3, -0.25) is 9.59 Å². The quantitative estimate of drug-likeness (QED) is 0.287. The van der Waals surface area contributed by atoms with Gasteiger partial charge in [-0.05, 0) is 55.8 Å². The van der Waals surface area contributed by atoms with E-state index in [2.05, 4.69) is 52.6 Å². The fourth-order valence-electron chi connectivity index (χ4n) is 8.85. The molecule has 6 rings (SSSR count). The van der Waals surface area contributed by atoms with Gasteiger partial charge in [-0.25, -0.2) is 19.6 Å². The number of aryl methyl sites for hydroxylation is 2. The molecule has 0 aliphatic heterocycles. The largest absolute Gasteiger partial charge is 0.460 e. The maximum Gasteiger partial charge on any atom is 0.328 e. The monoisotopic (exact) mass is 604 g/mol. The van der Waals surface area contributed by atoms with E-state index in [1.807, 2.05) is 17.6 Å². The number of aliphatic hydroxyl groups is 1. The number of hydrogen-bond acceptors (Lipinski definition) is 10. The van der Waals surface area contributed by atoms with Gasteiger partial charge < -0.3 is 20.1 Å². The number of carbonyl (C=O) groups is 2. The first-order valence-electron chi connectivity index (χ1n) is 15.8. The topological polar surface area (TPSA) is 164 Å². The molecule has 8 atom stereocenters. The van der Waals surface area contributed by atoms with E-state index in [0.717, 1.165) is 31.4 Å². The molecule has 0 spiro atoms. The Morgan fingerprint density at radius 2 is 2.05 bits per heavy atom. The summed E-state index contributed by atoms with van der Waals surface area (Å²) in [6, 6.07) is 0. The summed E-state index contributed by atoms with van der Waals surface area (Å²) in [6.07, 6.45) is 10.3. The molecule has 44 heavy (non-hydrogen) atoms. The van der Waals surface area contributed by atoms with Crippen molar-refractivity contribution in [2.45, 2.75) is 97.9 Å². The zero-order valence-corrected chi connectivity index (χ0v) is 26.1. The Morgan fingerprint density at radius 3 is 2.82 bits per heavy atom. The Hall–Kier alpha value is -3.67. The van der Waals surface area contributed by atoms with Crippen LogP contribution in [0.2, 0.25) is 0 Å². The standard InChI is InChI=1S/C32H44N8O4/c1-6-30(4)14-23(31(5)19(2)9-11-32(20(3)27(30)43)12-10-22(41)26(31)32)44-24(42)16-40-15-21(37-38-40)8-7-13-39-18-36-25-28(33)34-17-35-29(25)39/h6,15,17-20,23,26-27,43H,1,7-14,16H2,2-5H3,(H2,33,34,35)/t19?,20-,23+,26-,27-,30+,31-,32?/m0/s1. The third kappa shape index (κ3) is 4.72. The van der Waals surface area contributed by atoms with Crippen molar-refractivity contribution in [1.82, 2.24) is 34.5 Å². The van der Waals surface area contributed by atoms with E-state index in [4.69, 9.17) is 10.5 Å². The summed E-state index contributed by atoms with van der Waals surface area (Å²) in [5.74, 6) is -0.00330. The number of carbonyl (C=O) groups excluding carboxylic acids is 2. The Morgan fingerprint density at radius 1 is 1.25 bits per heavy atom. The molecular formula is C32H44N8O4. The van der Waals surface area contributed by atoms with E-state index in [0.29, 0.717) is 42.8 Å². The van der Waals surface area contributed by atoms with Crippen LogP contribution >= 0.6 is 0 Å². The number of aromatic nitrogens is 7. The van der Waals surface area contributed by atoms with Crippen LogP contribution in [0.4, 0.5) is 5.82 Å². The number of nitrogens with zero attached hydrogens (tertiary/aromatic N) is 7. The van der Waals surface area contributed by atoms with Crippen LogP contribution in [0.1, 0.15) is 71.9 Å². The number of rotatable bonds is 8. The van der Waals surface area contributed by atoms with Gasteiger partial charge in [0.2, 0.25) is 0 Å². The van der Waals surface area contributed by atoms with E-state index in [9.17, 15) is 14.7 Å². The van der Waals surface area contributed by atoms with Crippen molar-refractivity contribution in [2.24, 2.45) is 34.0 Å². The lowest BCUT2D eigenvalue weighted by Gasteiger charge is -2.61. The van der Waals surface area contributed by atoms with Crippen molar-refractivity contribution in [2.75, 3.05) is 5.73 Å². The lowest BCUT2D eigenvalue weighted by molar-refractivity contribution is -0.207. The predicted octanol–water partition coefficient (Wildman–Crippen LogP) is 3.54. The number of ketones is 1. The fraction of sp³-hybridized carbons (Fsp3) is 0.656. The van der Waals surface area contributed by atoms with Gasteiger partial charge in [-0.2, -0.15) is 0 Å². The zero-order chi connectivity index (χ0) is 31.4. The van der Waals surface area contributed by atoms with E-state index < -0.39 is 29.0 Å². The average Bonchev–Trinajstić information content (AvgIpc) is 3.72. The molecule has 0 saturated heterocycles. The number of Topliss-reactive ketones (excluding diaryl/α,β-unsaturated/α-hetero) is 1.